The van der Waals surface area contributed by atoms with E-state index in [2.05, 4.69) is 32.0 Å². The minimum atomic E-state index is -0.311. The highest BCUT2D eigenvalue weighted by Crippen LogP contribution is 2.35. The van der Waals surface area contributed by atoms with Gasteiger partial charge >= 0.3 is 5.97 Å². The van der Waals surface area contributed by atoms with Crippen LogP contribution in [0.1, 0.15) is 34.6 Å². The third-order valence-corrected chi connectivity index (χ3v) is 4.99. The zero-order valence-corrected chi connectivity index (χ0v) is 15.6. The van der Waals surface area contributed by atoms with Crippen LogP contribution >= 0.6 is 11.3 Å². The second kappa shape index (κ2) is 7.70. The molecule has 2 aromatic carbocycles. The van der Waals surface area contributed by atoms with Gasteiger partial charge in [0.2, 0.25) is 0 Å². The molecule has 0 bridgehead atoms. The van der Waals surface area contributed by atoms with Gasteiger partial charge in [0.1, 0.15) is 5.75 Å². The van der Waals surface area contributed by atoms with Crippen LogP contribution in [0.3, 0.4) is 0 Å². The molecule has 1 aromatic heterocycles. The molecule has 0 aliphatic heterocycles. The fraction of sp³-hybridized carbons (Fsp3) is 0.286. The monoisotopic (exact) mass is 354 g/mol. The lowest BCUT2D eigenvalue weighted by molar-refractivity contribution is 0.0526. The second-order valence-corrected chi connectivity index (χ2v) is 7.34. The van der Waals surface area contributed by atoms with Crippen molar-refractivity contribution < 1.29 is 14.3 Å². The zero-order valence-electron chi connectivity index (χ0n) is 14.7. The van der Waals surface area contributed by atoms with Crippen molar-refractivity contribution >= 4 is 27.4 Å². The van der Waals surface area contributed by atoms with Crippen molar-refractivity contribution in [2.45, 2.75) is 33.3 Å². The molecule has 0 aliphatic rings. The first-order valence-corrected chi connectivity index (χ1v) is 9.30. The summed E-state index contributed by atoms with van der Waals surface area (Å²) in [6.45, 7) is 6.28. The van der Waals surface area contributed by atoms with E-state index in [0.29, 0.717) is 12.2 Å². The fourth-order valence-corrected chi connectivity index (χ4v) is 3.83. The van der Waals surface area contributed by atoms with Crippen LogP contribution in [0.4, 0.5) is 0 Å². The first-order valence-electron chi connectivity index (χ1n) is 8.48. The van der Waals surface area contributed by atoms with Crippen molar-refractivity contribution in [3.05, 3.63) is 64.5 Å². The first kappa shape index (κ1) is 17.5. The summed E-state index contributed by atoms with van der Waals surface area (Å²) in [7, 11) is 0. The molecule has 3 nitrogen and oxygen atoms in total. The molecule has 0 amide bonds. The lowest BCUT2D eigenvalue weighted by Gasteiger charge is -2.16. The summed E-state index contributed by atoms with van der Waals surface area (Å²) in [4.78, 5) is 13.3. The number of carbonyl (C=O) groups excluding carboxylic acids is 1. The maximum Gasteiger partial charge on any atom is 0.338 e. The average molecular weight is 354 g/mol. The van der Waals surface area contributed by atoms with E-state index in [1.165, 1.54) is 10.4 Å². The highest BCUT2D eigenvalue weighted by Gasteiger charge is 2.16. The molecule has 1 atom stereocenters. The Morgan fingerprint density at radius 2 is 1.92 bits per heavy atom. The zero-order chi connectivity index (χ0) is 17.8. The molecular weight excluding hydrogens is 332 g/mol. The number of carbonyl (C=O) groups is 1. The molecule has 0 spiro atoms. The normalized spacial score (nSPS) is 12.1. The van der Waals surface area contributed by atoms with Crippen LogP contribution in [0.2, 0.25) is 0 Å². The molecule has 3 aromatic rings. The Hall–Kier alpha value is -2.33. The third kappa shape index (κ3) is 4.20. The van der Waals surface area contributed by atoms with Crippen molar-refractivity contribution in [1.29, 1.82) is 0 Å². The molecule has 4 heteroatoms. The molecule has 25 heavy (non-hydrogen) atoms. The molecule has 0 fully saturated rings. The van der Waals surface area contributed by atoms with E-state index in [9.17, 15) is 4.79 Å². The molecule has 0 radical (unpaired) electrons. The number of fused-ring (bicyclic) bond motifs is 1. The van der Waals surface area contributed by atoms with E-state index in [4.69, 9.17) is 9.47 Å². The fourth-order valence-electron chi connectivity index (χ4n) is 2.87. The molecule has 0 saturated heterocycles. The van der Waals surface area contributed by atoms with E-state index >= 15 is 0 Å². The summed E-state index contributed by atoms with van der Waals surface area (Å²) in [5.41, 5.74) is 1.77. The summed E-state index contributed by atoms with van der Waals surface area (Å²) in [5.74, 6) is 0.441. The van der Waals surface area contributed by atoms with E-state index in [0.717, 1.165) is 22.3 Å². The number of ether oxygens (including phenoxy) is 2. The molecular formula is C21H22O3S. The van der Waals surface area contributed by atoms with Gasteiger partial charge in [-0.25, -0.2) is 4.79 Å². The summed E-state index contributed by atoms with van der Waals surface area (Å²) >= 11 is 1.68. The largest absolute Gasteiger partial charge is 0.489 e. The Morgan fingerprint density at radius 3 is 2.64 bits per heavy atom. The molecule has 0 aliphatic carbocycles. The van der Waals surface area contributed by atoms with Crippen LogP contribution in [-0.4, -0.2) is 18.7 Å². The van der Waals surface area contributed by atoms with E-state index < -0.39 is 0 Å². The summed E-state index contributed by atoms with van der Waals surface area (Å²) < 4.78 is 12.4. The minimum Gasteiger partial charge on any atom is -0.489 e. The molecule has 0 saturated carbocycles. The summed E-state index contributed by atoms with van der Waals surface area (Å²) in [6.07, 6.45) is 0.821. The van der Waals surface area contributed by atoms with Gasteiger partial charge in [-0.1, -0.05) is 30.3 Å². The van der Waals surface area contributed by atoms with Crippen molar-refractivity contribution in [3.8, 4) is 5.75 Å². The van der Waals surface area contributed by atoms with Crippen molar-refractivity contribution in [2.75, 3.05) is 6.61 Å². The van der Waals surface area contributed by atoms with E-state index in [1.54, 1.807) is 17.4 Å². The lowest BCUT2D eigenvalue weighted by Crippen LogP contribution is -2.15. The van der Waals surface area contributed by atoms with Crippen LogP contribution in [0.25, 0.3) is 10.1 Å². The Balaban J connectivity index is 1.89. The van der Waals surface area contributed by atoms with Crippen LogP contribution in [0.15, 0.2) is 48.5 Å². The third-order valence-electron chi connectivity index (χ3n) is 3.91. The average Bonchev–Trinajstić information content (AvgIpc) is 2.96. The number of benzene rings is 2. The maximum atomic E-state index is 12.1. The molecule has 0 unspecified atom stereocenters. The topological polar surface area (TPSA) is 35.5 Å². The predicted octanol–water partition coefficient (Wildman–Crippen LogP) is 5.40. The maximum absolute atomic E-state index is 12.1. The first-order chi connectivity index (χ1) is 12.1. The second-order valence-electron chi connectivity index (χ2n) is 6.09. The molecule has 130 valence electrons. The van der Waals surface area contributed by atoms with Crippen LogP contribution in [-0.2, 0) is 11.2 Å². The summed E-state index contributed by atoms with van der Waals surface area (Å²) in [6, 6.07) is 16.0. The predicted molar refractivity (Wildman–Crippen MR) is 103 cm³/mol. The van der Waals surface area contributed by atoms with Gasteiger partial charge < -0.3 is 9.47 Å². The lowest BCUT2D eigenvalue weighted by atomic mass is 10.1. The van der Waals surface area contributed by atoms with Gasteiger partial charge in [-0.2, -0.15) is 0 Å². The summed E-state index contributed by atoms with van der Waals surface area (Å²) in [5, 5.41) is 1.02. The quantitative estimate of drug-likeness (QED) is 0.556. The molecule has 3 rings (SSSR count). The number of hydrogen-bond donors (Lipinski definition) is 0. The Morgan fingerprint density at radius 1 is 1.16 bits per heavy atom. The minimum absolute atomic E-state index is 0.00505. The molecule has 0 N–H and O–H groups in total. The number of rotatable bonds is 6. The Kier molecular flexibility index (Phi) is 5.39. The van der Waals surface area contributed by atoms with Gasteiger partial charge in [-0.05, 0) is 49.9 Å². The Bertz CT molecular complexity index is 867. The van der Waals surface area contributed by atoms with Crippen molar-refractivity contribution in [1.82, 2.24) is 0 Å². The Labute approximate surface area is 152 Å². The number of aryl methyl sites for hydroxylation is 1. The van der Waals surface area contributed by atoms with E-state index in [-0.39, 0.29) is 12.1 Å². The highest BCUT2D eigenvalue weighted by atomic mass is 32.1. The standard InChI is InChI=1S/C21H22O3S/c1-4-23-21(22)18-12-17-11-15(3)25-20(17)19(13-18)24-14(2)10-16-8-6-5-7-9-16/h5-9,11-14H,4,10H2,1-3H3/t14-/m0/s1. The van der Waals surface area contributed by atoms with Crippen molar-refractivity contribution in [3.63, 3.8) is 0 Å². The smallest absolute Gasteiger partial charge is 0.338 e. The SMILES string of the molecule is CCOC(=O)c1cc(O[C@@H](C)Cc2ccccc2)c2sc(C)cc2c1. The number of esters is 1. The van der Waals surface area contributed by atoms with Gasteiger partial charge in [0.25, 0.3) is 0 Å². The van der Waals surface area contributed by atoms with Crippen LogP contribution < -0.4 is 4.74 Å². The highest BCUT2D eigenvalue weighted by molar-refractivity contribution is 7.19. The van der Waals surface area contributed by atoms with Gasteiger partial charge in [0.15, 0.2) is 0 Å². The molecule has 1 heterocycles. The van der Waals surface area contributed by atoms with Crippen LogP contribution in [0.5, 0.6) is 5.75 Å². The number of thiophene rings is 1. The van der Waals surface area contributed by atoms with Gasteiger partial charge in [0.05, 0.1) is 23.0 Å². The van der Waals surface area contributed by atoms with Gasteiger partial charge in [-0.15, -0.1) is 11.3 Å². The van der Waals surface area contributed by atoms with Gasteiger partial charge in [0, 0.05) is 11.3 Å². The van der Waals surface area contributed by atoms with Crippen molar-refractivity contribution in [2.24, 2.45) is 0 Å². The van der Waals surface area contributed by atoms with E-state index in [1.807, 2.05) is 31.2 Å². The van der Waals surface area contributed by atoms with Crippen LogP contribution in [0, 0.1) is 6.92 Å². The van der Waals surface area contributed by atoms with Gasteiger partial charge in [-0.3, -0.25) is 0 Å². The number of hydrogen-bond acceptors (Lipinski definition) is 4.